The van der Waals surface area contributed by atoms with Crippen LogP contribution in [0.2, 0.25) is 0 Å². The van der Waals surface area contributed by atoms with Crippen molar-refractivity contribution in [3.8, 4) is 0 Å². The zero-order valence-corrected chi connectivity index (χ0v) is 16.3. The lowest BCUT2D eigenvalue weighted by Gasteiger charge is -2.15. The van der Waals surface area contributed by atoms with Crippen molar-refractivity contribution in [2.45, 2.75) is 15.9 Å². The van der Waals surface area contributed by atoms with Gasteiger partial charge < -0.3 is 19.5 Å². The molecule has 3 heterocycles. The van der Waals surface area contributed by atoms with Gasteiger partial charge in [-0.25, -0.2) is 8.42 Å². The normalized spacial score (nSPS) is 12.4. The second kappa shape index (κ2) is 8.89. The molecular formula is C18H18N2O6S2. The maximum absolute atomic E-state index is 12.9. The van der Waals surface area contributed by atoms with E-state index in [1.165, 1.54) is 24.7 Å². The van der Waals surface area contributed by atoms with Gasteiger partial charge in [0.15, 0.2) is 9.84 Å². The Morgan fingerprint density at radius 1 is 1.00 bits per heavy atom. The summed E-state index contributed by atoms with van der Waals surface area (Å²) in [5.41, 5.74) is 0. The van der Waals surface area contributed by atoms with Crippen molar-refractivity contribution in [3.05, 3.63) is 65.8 Å². The molecule has 2 amide bonds. The molecule has 3 rings (SSSR count). The summed E-state index contributed by atoms with van der Waals surface area (Å²) in [5, 5.41) is 5.35. The van der Waals surface area contributed by atoms with Crippen molar-refractivity contribution in [1.82, 2.24) is 10.6 Å². The van der Waals surface area contributed by atoms with Gasteiger partial charge in [0.1, 0.15) is 21.0 Å². The summed E-state index contributed by atoms with van der Waals surface area (Å²) < 4.78 is 36.3. The van der Waals surface area contributed by atoms with Crippen LogP contribution in [0.3, 0.4) is 0 Å². The van der Waals surface area contributed by atoms with Crippen molar-refractivity contribution in [1.29, 1.82) is 0 Å². The summed E-state index contributed by atoms with van der Waals surface area (Å²) in [6.07, 6.45) is 3.32. The molecule has 0 bridgehead atoms. The van der Waals surface area contributed by atoms with Crippen LogP contribution in [-0.4, -0.2) is 33.3 Å². The van der Waals surface area contributed by atoms with Crippen LogP contribution in [0.15, 0.2) is 67.3 Å². The van der Waals surface area contributed by atoms with Gasteiger partial charge in [-0.3, -0.25) is 9.59 Å². The number of hydrogen-bond donors (Lipinski definition) is 2. The van der Waals surface area contributed by atoms with Crippen LogP contribution in [0.25, 0.3) is 0 Å². The van der Waals surface area contributed by atoms with E-state index in [9.17, 15) is 18.0 Å². The molecule has 0 radical (unpaired) electrons. The van der Waals surface area contributed by atoms with Gasteiger partial charge in [0.05, 0.1) is 12.5 Å². The number of carbonyl (C=O) groups excluding carboxylic acids is 2. The Hall–Kier alpha value is -2.85. The summed E-state index contributed by atoms with van der Waals surface area (Å²) in [7, 11) is -3.78. The van der Waals surface area contributed by atoms with Gasteiger partial charge in [-0.15, -0.1) is 11.3 Å². The number of rotatable bonds is 8. The van der Waals surface area contributed by atoms with Crippen LogP contribution < -0.4 is 10.6 Å². The number of thiophene rings is 1. The van der Waals surface area contributed by atoms with E-state index >= 15 is 0 Å². The number of carbonyl (C=O) groups is 2. The van der Waals surface area contributed by atoms with E-state index < -0.39 is 26.9 Å². The van der Waals surface area contributed by atoms with Crippen LogP contribution >= 0.6 is 11.3 Å². The molecule has 0 aliphatic carbocycles. The fourth-order valence-electron chi connectivity index (χ4n) is 2.50. The third kappa shape index (κ3) is 4.70. The number of amides is 2. The topological polar surface area (TPSA) is 119 Å². The fraction of sp³-hybridized carbons (Fsp3) is 0.222. The average Bonchev–Trinajstić information content (AvgIpc) is 3.43. The van der Waals surface area contributed by atoms with Gasteiger partial charge in [0, 0.05) is 19.5 Å². The van der Waals surface area contributed by atoms with E-state index in [2.05, 4.69) is 10.6 Å². The molecule has 0 aliphatic heterocycles. The quantitative estimate of drug-likeness (QED) is 0.536. The predicted octanol–water partition coefficient (Wildman–Crippen LogP) is 1.92. The average molecular weight is 422 g/mol. The monoisotopic (exact) mass is 422 g/mol. The molecule has 0 saturated carbocycles. The summed E-state index contributed by atoms with van der Waals surface area (Å²) in [6, 6.07) is 9.68. The first kappa shape index (κ1) is 19.9. The third-order valence-corrected chi connectivity index (χ3v) is 7.39. The van der Waals surface area contributed by atoms with Crippen molar-refractivity contribution in [2.75, 3.05) is 13.1 Å². The first-order chi connectivity index (χ1) is 13.5. The minimum absolute atomic E-state index is 0.158. The smallest absolute Gasteiger partial charge is 0.309 e. The Morgan fingerprint density at radius 3 is 2.39 bits per heavy atom. The van der Waals surface area contributed by atoms with Crippen molar-refractivity contribution >= 4 is 33.0 Å². The molecule has 0 fully saturated rings. The lowest BCUT2D eigenvalue weighted by Crippen LogP contribution is -2.42. The maximum Gasteiger partial charge on any atom is 0.309 e. The van der Waals surface area contributed by atoms with E-state index in [-0.39, 0.29) is 23.1 Å². The van der Waals surface area contributed by atoms with Crippen molar-refractivity contribution in [3.63, 3.8) is 0 Å². The molecule has 0 saturated heterocycles. The Kier molecular flexibility index (Phi) is 6.32. The van der Waals surface area contributed by atoms with E-state index in [0.29, 0.717) is 12.2 Å². The Balaban J connectivity index is 1.60. The van der Waals surface area contributed by atoms with Gasteiger partial charge in [0.2, 0.25) is 0 Å². The molecule has 148 valence electrons. The van der Waals surface area contributed by atoms with E-state index in [1.807, 2.05) is 0 Å². The van der Waals surface area contributed by atoms with Crippen molar-refractivity contribution < 1.29 is 26.8 Å². The number of furan rings is 2. The largest absolute Gasteiger partial charge is 0.469 e. The van der Waals surface area contributed by atoms with Gasteiger partial charge in [-0.1, -0.05) is 6.07 Å². The minimum atomic E-state index is -3.78. The highest BCUT2D eigenvalue weighted by Crippen LogP contribution is 2.31. The lowest BCUT2D eigenvalue weighted by molar-refractivity contribution is -0.139. The SMILES string of the molecule is O=C(NCCc1ccco1)C(=O)NC[C@H](c1ccco1)S(=O)(=O)c1cccs1. The van der Waals surface area contributed by atoms with Gasteiger partial charge in [-0.2, -0.15) is 0 Å². The lowest BCUT2D eigenvalue weighted by atomic mass is 10.3. The second-order valence-corrected chi connectivity index (χ2v) is 9.08. The van der Waals surface area contributed by atoms with Crippen LogP contribution in [-0.2, 0) is 25.8 Å². The van der Waals surface area contributed by atoms with Crippen LogP contribution in [0.5, 0.6) is 0 Å². The third-order valence-electron chi connectivity index (χ3n) is 3.90. The number of sulfone groups is 1. The highest BCUT2D eigenvalue weighted by Gasteiger charge is 2.33. The Labute approximate surface area is 165 Å². The van der Waals surface area contributed by atoms with Crippen LogP contribution in [0, 0.1) is 0 Å². The molecule has 0 spiro atoms. The van der Waals surface area contributed by atoms with Gasteiger partial charge >= 0.3 is 11.8 Å². The minimum Gasteiger partial charge on any atom is -0.469 e. The van der Waals surface area contributed by atoms with Gasteiger partial charge in [0.25, 0.3) is 0 Å². The zero-order valence-electron chi connectivity index (χ0n) is 14.7. The predicted molar refractivity (Wildman–Crippen MR) is 101 cm³/mol. The molecule has 3 aromatic heterocycles. The van der Waals surface area contributed by atoms with Crippen molar-refractivity contribution in [2.24, 2.45) is 0 Å². The maximum atomic E-state index is 12.9. The summed E-state index contributed by atoms with van der Waals surface area (Å²) in [4.78, 5) is 24.0. The molecule has 0 unspecified atom stereocenters. The molecule has 2 N–H and O–H groups in total. The molecule has 10 heteroatoms. The summed E-state index contributed by atoms with van der Waals surface area (Å²) in [5.74, 6) is -0.900. The van der Waals surface area contributed by atoms with E-state index in [0.717, 1.165) is 11.3 Å². The van der Waals surface area contributed by atoms with E-state index in [4.69, 9.17) is 8.83 Å². The Morgan fingerprint density at radius 2 is 1.75 bits per heavy atom. The molecule has 3 aromatic rings. The standard InChI is InChI=1S/C18H18N2O6S2/c21-17(19-8-7-13-4-1-9-25-13)18(22)20-12-15(14-5-2-10-26-14)28(23,24)16-6-3-11-27-16/h1-6,9-11,15H,7-8,12H2,(H,19,21)(H,20,22)/t15-/m1/s1. The highest BCUT2D eigenvalue weighted by molar-refractivity contribution is 7.93. The van der Waals surface area contributed by atoms with Gasteiger partial charge in [-0.05, 0) is 35.7 Å². The molecule has 8 nitrogen and oxygen atoms in total. The first-order valence-electron chi connectivity index (χ1n) is 8.37. The van der Waals surface area contributed by atoms with E-state index in [1.54, 1.807) is 29.6 Å². The molecule has 0 aromatic carbocycles. The molecule has 0 aliphatic rings. The second-order valence-electron chi connectivity index (χ2n) is 5.78. The molecule has 28 heavy (non-hydrogen) atoms. The van der Waals surface area contributed by atoms with Crippen LogP contribution in [0.4, 0.5) is 0 Å². The highest BCUT2D eigenvalue weighted by atomic mass is 32.2. The van der Waals surface area contributed by atoms with Crippen LogP contribution in [0.1, 0.15) is 16.8 Å². The molecule has 1 atom stereocenters. The number of nitrogens with one attached hydrogen (secondary N) is 2. The summed E-state index contributed by atoms with van der Waals surface area (Å²) in [6.45, 7) is -0.0763. The summed E-state index contributed by atoms with van der Waals surface area (Å²) >= 11 is 1.08. The first-order valence-corrected chi connectivity index (χ1v) is 10.8. The number of hydrogen-bond acceptors (Lipinski definition) is 7. The molecular weight excluding hydrogens is 404 g/mol. The zero-order chi connectivity index (χ0) is 20.0. The Bertz CT molecular complexity index is 993. The fourth-order valence-corrected chi connectivity index (χ4v) is 5.29.